The van der Waals surface area contributed by atoms with Crippen LogP contribution in [0.5, 0.6) is 0 Å². The number of nitrogens with one attached hydrogen (secondary N) is 1. The second-order valence-electron chi connectivity index (χ2n) is 5.30. The van der Waals surface area contributed by atoms with Crippen LogP contribution in [-0.2, 0) is 0 Å². The zero-order chi connectivity index (χ0) is 17.3. The molecule has 24 heavy (non-hydrogen) atoms. The van der Waals surface area contributed by atoms with Crippen molar-refractivity contribution in [3.8, 4) is 10.4 Å². The molecule has 1 N–H and O–H groups in total. The Morgan fingerprint density at radius 1 is 1.08 bits per heavy atom. The number of hydrogen-bond acceptors (Lipinski definition) is 4. The van der Waals surface area contributed by atoms with Crippen molar-refractivity contribution in [1.82, 2.24) is 0 Å². The van der Waals surface area contributed by atoms with Crippen molar-refractivity contribution in [3.05, 3.63) is 61.6 Å². The van der Waals surface area contributed by atoms with Gasteiger partial charge in [0.1, 0.15) is 0 Å². The van der Waals surface area contributed by atoms with E-state index < -0.39 is 0 Å². The second kappa shape index (κ2) is 7.01. The van der Waals surface area contributed by atoms with Gasteiger partial charge in [0.2, 0.25) is 0 Å². The molecular weight excluding hydrogens is 406 g/mol. The van der Waals surface area contributed by atoms with Gasteiger partial charge in [-0.2, -0.15) is 0 Å². The van der Waals surface area contributed by atoms with Crippen LogP contribution in [0.25, 0.3) is 10.4 Å². The van der Waals surface area contributed by atoms with Crippen molar-refractivity contribution in [3.63, 3.8) is 0 Å². The minimum absolute atomic E-state index is 0.0626. The van der Waals surface area contributed by atoms with Gasteiger partial charge in [-0.15, -0.1) is 22.7 Å². The molecule has 0 atom stereocenters. The molecule has 0 aliphatic rings. The second-order valence-corrected chi connectivity index (χ2v) is 8.01. The number of carbonyl (C=O) groups is 2. The minimum Gasteiger partial charge on any atom is -0.320 e. The van der Waals surface area contributed by atoms with Crippen LogP contribution in [0.1, 0.15) is 32.5 Å². The Morgan fingerprint density at radius 2 is 1.79 bits per heavy atom. The van der Waals surface area contributed by atoms with Gasteiger partial charge in [0.25, 0.3) is 5.91 Å². The van der Waals surface area contributed by atoms with Crippen molar-refractivity contribution in [2.75, 3.05) is 5.32 Å². The number of aryl methyl sites for hydroxylation is 1. The third-order valence-corrected chi connectivity index (χ3v) is 6.14. The highest BCUT2D eigenvalue weighted by atomic mass is 79.9. The highest BCUT2D eigenvalue weighted by Gasteiger charge is 2.20. The van der Waals surface area contributed by atoms with E-state index in [2.05, 4.69) is 21.2 Å². The molecule has 122 valence electrons. The number of carbonyl (C=O) groups excluding carboxylic acids is 2. The summed E-state index contributed by atoms with van der Waals surface area (Å²) in [6.07, 6.45) is 0. The van der Waals surface area contributed by atoms with Gasteiger partial charge < -0.3 is 5.32 Å². The predicted molar refractivity (Wildman–Crippen MR) is 104 cm³/mol. The lowest BCUT2D eigenvalue weighted by atomic mass is 10.1. The van der Waals surface area contributed by atoms with Crippen LogP contribution >= 0.6 is 38.6 Å². The fourth-order valence-corrected chi connectivity index (χ4v) is 4.54. The first-order valence-electron chi connectivity index (χ1n) is 7.21. The van der Waals surface area contributed by atoms with Gasteiger partial charge in [-0.25, -0.2) is 0 Å². The normalized spacial score (nSPS) is 10.6. The van der Waals surface area contributed by atoms with Crippen molar-refractivity contribution in [1.29, 1.82) is 0 Å². The maximum absolute atomic E-state index is 12.4. The summed E-state index contributed by atoms with van der Waals surface area (Å²) in [5.74, 6) is -0.238. The number of thiophene rings is 2. The van der Waals surface area contributed by atoms with Gasteiger partial charge in [0.15, 0.2) is 5.78 Å². The third-order valence-electron chi connectivity index (χ3n) is 3.57. The van der Waals surface area contributed by atoms with Crippen LogP contribution < -0.4 is 5.32 Å². The Kier molecular flexibility index (Phi) is 4.99. The highest BCUT2D eigenvalue weighted by Crippen LogP contribution is 2.37. The van der Waals surface area contributed by atoms with Crippen LogP contribution in [0, 0.1) is 6.92 Å². The van der Waals surface area contributed by atoms with Gasteiger partial charge in [0.05, 0.1) is 16.1 Å². The molecular formula is C18H14BrNO2S2. The molecule has 0 saturated heterocycles. The first-order valence-corrected chi connectivity index (χ1v) is 9.76. The van der Waals surface area contributed by atoms with Crippen molar-refractivity contribution >= 4 is 56.0 Å². The lowest BCUT2D eigenvalue weighted by Gasteiger charge is -2.07. The lowest BCUT2D eigenvalue weighted by molar-refractivity contribution is 0.101. The lowest BCUT2D eigenvalue weighted by Crippen LogP contribution is -2.13. The summed E-state index contributed by atoms with van der Waals surface area (Å²) in [5.41, 5.74) is 3.03. The molecule has 3 nitrogen and oxygen atoms in total. The third kappa shape index (κ3) is 3.36. The van der Waals surface area contributed by atoms with Gasteiger partial charge in [0, 0.05) is 14.7 Å². The van der Waals surface area contributed by atoms with E-state index in [4.69, 9.17) is 0 Å². The molecule has 0 aliphatic carbocycles. The van der Waals surface area contributed by atoms with E-state index in [0.717, 1.165) is 20.5 Å². The largest absolute Gasteiger partial charge is 0.320 e. The van der Waals surface area contributed by atoms with E-state index >= 15 is 0 Å². The molecule has 3 rings (SSSR count). The Hall–Kier alpha value is -1.76. The number of ketones is 1. The highest BCUT2D eigenvalue weighted by molar-refractivity contribution is 9.10. The number of amides is 1. The fourth-order valence-electron chi connectivity index (χ4n) is 2.40. The monoisotopic (exact) mass is 419 g/mol. The summed E-state index contributed by atoms with van der Waals surface area (Å²) in [4.78, 5) is 26.2. The summed E-state index contributed by atoms with van der Waals surface area (Å²) >= 11 is 6.27. The molecule has 2 heterocycles. The molecule has 6 heteroatoms. The van der Waals surface area contributed by atoms with Crippen LogP contribution in [0.15, 0.2) is 45.6 Å². The average molecular weight is 420 g/mol. The summed E-state index contributed by atoms with van der Waals surface area (Å²) in [6, 6.07) is 9.69. The van der Waals surface area contributed by atoms with E-state index in [0.29, 0.717) is 16.1 Å². The molecule has 1 amide bonds. The zero-order valence-electron chi connectivity index (χ0n) is 13.1. The van der Waals surface area contributed by atoms with Crippen LogP contribution in [-0.4, -0.2) is 11.7 Å². The van der Waals surface area contributed by atoms with Crippen LogP contribution in [0.2, 0.25) is 0 Å². The zero-order valence-corrected chi connectivity index (χ0v) is 16.3. The van der Waals surface area contributed by atoms with Crippen LogP contribution in [0.3, 0.4) is 0 Å². The van der Waals surface area contributed by atoms with E-state index in [1.54, 1.807) is 0 Å². The van der Waals surface area contributed by atoms with E-state index in [9.17, 15) is 9.59 Å². The molecule has 1 aromatic carbocycles. The molecule has 0 unspecified atom stereocenters. The summed E-state index contributed by atoms with van der Waals surface area (Å²) in [6.45, 7) is 3.43. The quantitative estimate of drug-likeness (QED) is 0.526. The molecule has 0 bridgehead atoms. The standard InChI is InChI=1S/C18H14BrNO2S2/c1-10-7-8-23-16(10)18(22)20-14-9-24-17(15(14)11(2)21)12-3-5-13(19)6-4-12/h3-9H,1-2H3,(H,20,22). The van der Waals surface area contributed by atoms with E-state index in [1.165, 1.54) is 29.6 Å². The van der Waals surface area contributed by atoms with Gasteiger partial charge in [-0.3, -0.25) is 9.59 Å². The molecule has 0 aliphatic heterocycles. The molecule has 2 aromatic heterocycles. The SMILES string of the molecule is CC(=O)c1c(NC(=O)c2sccc2C)csc1-c1ccc(Br)cc1. The summed E-state index contributed by atoms with van der Waals surface area (Å²) in [7, 11) is 0. The number of Topliss-reactive ketones (excluding diaryl/α,β-unsaturated/α-hetero) is 1. The minimum atomic E-state index is -0.176. The molecule has 3 aromatic rings. The molecule has 0 saturated carbocycles. The molecule has 0 radical (unpaired) electrons. The number of benzene rings is 1. The van der Waals surface area contributed by atoms with Crippen molar-refractivity contribution in [2.45, 2.75) is 13.8 Å². The summed E-state index contributed by atoms with van der Waals surface area (Å²) < 4.78 is 0.980. The van der Waals surface area contributed by atoms with Crippen molar-refractivity contribution < 1.29 is 9.59 Å². The Morgan fingerprint density at radius 3 is 2.38 bits per heavy atom. The number of rotatable bonds is 4. The Labute approximate surface area is 156 Å². The van der Waals surface area contributed by atoms with E-state index in [-0.39, 0.29) is 11.7 Å². The Balaban J connectivity index is 1.98. The topological polar surface area (TPSA) is 46.2 Å². The molecule has 0 fully saturated rings. The predicted octanol–water partition coefficient (Wildman–Crippen LogP) is 6.00. The van der Waals surface area contributed by atoms with Crippen LogP contribution in [0.4, 0.5) is 5.69 Å². The van der Waals surface area contributed by atoms with Crippen molar-refractivity contribution in [2.24, 2.45) is 0 Å². The number of anilines is 1. The van der Waals surface area contributed by atoms with Gasteiger partial charge >= 0.3 is 0 Å². The van der Waals surface area contributed by atoms with Gasteiger partial charge in [-0.1, -0.05) is 28.1 Å². The number of hydrogen-bond donors (Lipinski definition) is 1. The van der Waals surface area contributed by atoms with E-state index in [1.807, 2.05) is 48.0 Å². The smallest absolute Gasteiger partial charge is 0.266 e. The maximum atomic E-state index is 12.4. The summed E-state index contributed by atoms with van der Waals surface area (Å²) in [5, 5.41) is 6.60. The molecule has 0 spiro atoms. The average Bonchev–Trinajstić information content (AvgIpc) is 3.14. The maximum Gasteiger partial charge on any atom is 0.266 e. The van der Waals surface area contributed by atoms with Gasteiger partial charge in [-0.05, 0) is 48.6 Å². The fraction of sp³-hybridized carbons (Fsp3) is 0.111. The number of halogens is 1. The Bertz CT molecular complexity index is 910. The first-order chi connectivity index (χ1) is 11.5. The first kappa shape index (κ1) is 17.1.